The van der Waals surface area contributed by atoms with E-state index in [1.54, 1.807) is 0 Å². The van der Waals surface area contributed by atoms with E-state index in [1.165, 1.54) is 14.0 Å². The van der Waals surface area contributed by atoms with E-state index in [0.717, 1.165) is 5.56 Å². The second kappa shape index (κ2) is 7.13. The Balaban J connectivity index is 1.82. The van der Waals surface area contributed by atoms with Crippen LogP contribution in [-0.2, 0) is 25.7 Å². The van der Waals surface area contributed by atoms with Crippen LogP contribution in [-0.4, -0.2) is 36.7 Å². The van der Waals surface area contributed by atoms with Gasteiger partial charge in [-0.15, -0.1) is 0 Å². The molecule has 0 radical (unpaired) electrons. The summed E-state index contributed by atoms with van der Waals surface area (Å²) in [5.41, 5.74) is -0.132. The topological polar surface area (TPSA) is 93.7 Å². The van der Waals surface area contributed by atoms with Crippen LogP contribution in [0.1, 0.15) is 25.3 Å². The number of hydrogen-bond acceptors (Lipinski definition) is 5. The molecule has 0 spiro atoms. The minimum Gasteiger partial charge on any atom is -0.467 e. The van der Waals surface area contributed by atoms with Gasteiger partial charge in [-0.3, -0.25) is 4.79 Å². The zero-order valence-corrected chi connectivity index (χ0v) is 13.1. The fraction of sp³-hybridized carbons (Fsp3) is 0.438. The van der Waals surface area contributed by atoms with Crippen molar-refractivity contribution in [1.82, 2.24) is 10.6 Å². The number of rotatable bonds is 6. The first-order valence-corrected chi connectivity index (χ1v) is 7.34. The van der Waals surface area contributed by atoms with Gasteiger partial charge in [-0.05, 0) is 25.3 Å². The van der Waals surface area contributed by atoms with Crippen molar-refractivity contribution in [2.75, 3.05) is 7.11 Å². The molecule has 1 aliphatic rings. The van der Waals surface area contributed by atoms with Crippen LogP contribution in [0, 0.1) is 0 Å². The number of alkyl carbamates (subject to hydrolysis) is 1. The number of carbonyl (C=O) groups is 3. The Morgan fingerprint density at radius 1 is 1.22 bits per heavy atom. The number of esters is 1. The maximum absolute atomic E-state index is 12.2. The van der Waals surface area contributed by atoms with Crippen LogP contribution in [0.5, 0.6) is 0 Å². The summed E-state index contributed by atoms with van der Waals surface area (Å²) in [5.74, 6) is -0.951. The Morgan fingerprint density at radius 3 is 2.43 bits per heavy atom. The lowest BCUT2D eigenvalue weighted by molar-refractivity contribution is -0.144. The van der Waals surface area contributed by atoms with Gasteiger partial charge in [0, 0.05) is 0 Å². The Bertz CT molecular complexity index is 583. The van der Waals surface area contributed by atoms with Gasteiger partial charge in [0.05, 0.1) is 7.11 Å². The van der Waals surface area contributed by atoms with Gasteiger partial charge in [0.2, 0.25) is 5.91 Å². The lowest BCUT2D eigenvalue weighted by Crippen LogP contribution is -2.52. The molecule has 1 aliphatic carbocycles. The number of amides is 2. The lowest BCUT2D eigenvalue weighted by Gasteiger charge is -2.19. The summed E-state index contributed by atoms with van der Waals surface area (Å²) < 4.78 is 9.65. The van der Waals surface area contributed by atoms with Gasteiger partial charge >= 0.3 is 12.1 Å². The smallest absolute Gasteiger partial charge is 0.408 e. The number of methoxy groups -OCH3 is 1. The summed E-state index contributed by atoms with van der Waals surface area (Å²) in [6.07, 6.45) is 0.354. The van der Waals surface area contributed by atoms with Gasteiger partial charge in [0.15, 0.2) is 0 Å². The van der Waals surface area contributed by atoms with Crippen molar-refractivity contribution in [2.24, 2.45) is 0 Å². The zero-order valence-electron chi connectivity index (χ0n) is 13.1. The van der Waals surface area contributed by atoms with E-state index in [1.807, 2.05) is 30.3 Å². The van der Waals surface area contributed by atoms with Crippen LogP contribution in [0.4, 0.5) is 4.79 Å². The summed E-state index contributed by atoms with van der Waals surface area (Å²) in [4.78, 5) is 35.4. The normalized spacial score (nSPS) is 15.9. The fourth-order valence-electron chi connectivity index (χ4n) is 2.06. The van der Waals surface area contributed by atoms with Crippen molar-refractivity contribution in [1.29, 1.82) is 0 Å². The molecule has 124 valence electrons. The first-order chi connectivity index (χ1) is 11.0. The van der Waals surface area contributed by atoms with Gasteiger partial charge in [0.25, 0.3) is 0 Å². The highest BCUT2D eigenvalue weighted by atomic mass is 16.5. The van der Waals surface area contributed by atoms with Crippen LogP contribution >= 0.6 is 0 Å². The van der Waals surface area contributed by atoms with Crippen LogP contribution in [0.15, 0.2) is 30.3 Å². The highest BCUT2D eigenvalue weighted by molar-refractivity contribution is 5.95. The third kappa shape index (κ3) is 4.45. The number of nitrogens with one attached hydrogen (secondary N) is 2. The molecule has 2 amide bonds. The first-order valence-electron chi connectivity index (χ1n) is 7.34. The maximum Gasteiger partial charge on any atom is 0.408 e. The molecule has 1 saturated carbocycles. The molecule has 2 rings (SSSR count). The summed E-state index contributed by atoms with van der Waals surface area (Å²) in [5, 5.41) is 5.10. The van der Waals surface area contributed by atoms with Gasteiger partial charge in [-0.2, -0.15) is 0 Å². The maximum atomic E-state index is 12.2. The average Bonchev–Trinajstić information content (AvgIpc) is 3.33. The van der Waals surface area contributed by atoms with E-state index in [9.17, 15) is 14.4 Å². The van der Waals surface area contributed by atoms with Crippen molar-refractivity contribution in [2.45, 2.75) is 38.0 Å². The Hall–Kier alpha value is -2.57. The molecule has 0 aromatic heterocycles. The van der Waals surface area contributed by atoms with E-state index in [2.05, 4.69) is 15.4 Å². The van der Waals surface area contributed by atoms with Gasteiger partial charge in [0.1, 0.15) is 18.2 Å². The minimum atomic E-state index is -0.990. The summed E-state index contributed by atoms with van der Waals surface area (Å²) in [7, 11) is 1.25. The molecule has 0 aliphatic heterocycles. The van der Waals surface area contributed by atoms with E-state index in [4.69, 9.17) is 4.74 Å². The van der Waals surface area contributed by atoms with Crippen LogP contribution in [0.25, 0.3) is 0 Å². The molecule has 0 saturated heterocycles. The second-order valence-corrected chi connectivity index (χ2v) is 5.49. The monoisotopic (exact) mass is 320 g/mol. The largest absolute Gasteiger partial charge is 0.467 e. The van der Waals surface area contributed by atoms with Gasteiger partial charge in [-0.1, -0.05) is 30.3 Å². The molecule has 1 aromatic carbocycles. The predicted molar refractivity (Wildman–Crippen MR) is 81.3 cm³/mol. The van der Waals surface area contributed by atoms with Crippen molar-refractivity contribution in [3.05, 3.63) is 35.9 Å². The van der Waals surface area contributed by atoms with Crippen LogP contribution < -0.4 is 10.6 Å². The molecule has 0 unspecified atom stereocenters. The third-order valence-electron chi connectivity index (χ3n) is 3.64. The lowest BCUT2D eigenvalue weighted by atomic mass is 10.2. The SMILES string of the molecule is COC(=O)[C@H](C)NC(=O)C1(NC(=O)OCc2ccccc2)CC1. The standard InChI is InChI=1S/C16H20N2O5/c1-11(13(19)22-2)17-14(20)16(8-9-16)18-15(21)23-10-12-6-4-3-5-7-12/h3-7,11H,8-10H2,1-2H3,(H,17,20)(H,18,21)/t11-/m0/s1. The summed E-state index contributed by atoms with van der Waals surface area (Å²) >= 11 is 0. The molecule has 2 N–H and O–H groups in total. The Kier molecular flexibility index (Phi) is 5.20. The summed E-state index contributed by atoms with van der Waals surface area (Å²) in [6.45, 7) is 1.65. The van der Waals surface area contributed by atoms with Crippen molar-refractivity contribution < 1.29 is 23.9 Å². The number of benzene rings is 1. The molecule has 7 heteroatoms. The van der Waals surface area contributed by atoms with E-state index in [-0.39, 0.29) is 6.61 Å². The van der Waals surface area contributed by atoms with Crippen molar-refractivity contribution in [3.63, 3.8) is 0 Å². The Labute approximate surface area is 134 Å². The van der Waals surface area contributed by atoms with Gasteiger partial charge in [-0.25, -0.2) is 9.59 Å². The highest BCUT2D eigenvalue weighted by Gasteiger charge is 2.52. The molecule has 0 heterocycles. The van der Waals surface area contributed by atoms with Crippen LogP contribution in [0.2, 0.25) is 0 Å². The predicted octanol–water partition coefficient (Wildman–Crippen LogP) is 1.12. The molecule has 23 heavy (non-hydrogen) atoms. The average molecular weight is 320 g/mol. The molecule has 0 bridgehead atoms. The van der Waals surface area contributed by atoms with E-state index >= 15 is 0 Å². The molecule has 1 atom stereocenters. The number of ether oxygens (including phenoxy) is 2. The molecule has 1 fully saturated rings. The fourth-order valence-corrected chi connectivity index (χ4v) is 2.06. The number of hydrogen-bond donors (Lipinski definition) is 2. The summed E-state index contributed by atoms with van der Waals surface area (Å²) in [6, 6.07) is 8.47. The van der Waals surface area contributed by atoms with E-state index < -0.39 is 29.6 Å². The van der Waals surface area contributed by atoms with Crippen molar-refractivity contribution >= 4 is 18.0 Å². The molecular formula is C16H20N2O5. The third-order valence-corrected chi connectivity index (χ3v) is 3.64. The molecule has 1 aromatic rings. The molecular weight excluding hydrogens is 300 g/mol. The van der Waals surface area contributed by atoms with Gasteiger partial charge < -0.3 is 20.1 Å². The number of carbonyl (C=O) groups excluding carboxylic acids is 3. The Morgan fingerprint density at radius 2 is 1.87 bits per heavy atom. The second-order valence-electron chi connectivity index (χ2n) is 5.49. The van der Waals surface area contributed by atoms with Crippen molar-refractivity contribution in [3.8, 4) is 0 Å². The highest BCUT2D eigenvalue weighted by Crippen LogP contribution is 2.35. The quantitative estimate of drug-likeness (QED) is 0.766. The molecule has 7 nitrogen and oxygen atoms in total. The van der Waals surface area contributed by atoms with E-state index in [0.29, 0.717) is 12.8 Å². The van der Waals surface area contributed by atoms with Crippen LogP contribution in [0.3, 0.4) is 0 Å². The first kappa shape index (κ1) is 16.8. The minimum absolute atomic E-state index is 0.128. The zero-order chi connectivity index (χ0) is 16.9.